The second kappa shape index (κ2) is 5.15. The van der Waals surface area contributed by atoms with Gasteiger partial charge in [-0.3, -0.25) is 4.79 Å². The summed E-state index contributed by atoms with van der Waals surface area (Å²) in [7, 11) is 0. The molecular weight excluding hydrogens is 212 g/mol. The maximum atomic E-state index is 11.8. The Morgan fingerprint density at radius 1 is 1.41 bits per heavy atom. The van der Waals surface area contributed by atoms with E-state index in [1.807, 2.05) is 36.4 Å². The van der Waals surface area contributed by atoms with Crippen LogP contribution >= 0.6 is 0 Å². The minimum Gasteiger partial charge on any atom is -0.346 e. The van der Waals surface area contributed by atoms with Crippen LogP contribution in [0, 0.1) is 0 Å². The Labute approximate surface area is 102 Å². The fourth-order valence-electron chi connectivity index (χ4n) is 2.00. The number of benzene rings is 1. The lowest BCUT2D eigenvalue weighted by molar-refractivity contribution is -0.117. The molecule has 0 spiro atoms. The summed E-state index contributed by atoms with van der Waals surface area (Å²) in [5.74, 6) is -0.0277. The van der Waals surface area contributed by atoms with Crippen LogP contribution in [0.2, 0.25) is 0 Å². The average molecular weight is 230 g/mol. The van der Waals surface area contributed by atoms with Crippen LogP contribution in [0.25, 0.3) is 6.08 Å². The molecule has 1 heterocycles. The molecule has 2 rings (SSSR count). The van der Waals surface area contributed by atoms with Crippen molar-refractivity contribution in [2.24, 2.45) is 0 Å². The first-order valence-electron chi connectivity index (χ1n) is 5.94. The van der Waals surface area contributed by atoms with E-state index in [2.05, 4.69) is 17.6 Å². The summed E-state index contributed by atoms with van der Waals surface area (Å²) >= 11 is 0. The van der Waals surface area contributed by atoms with Gasteiger partial charge in [-0.05, 0) is 31.5 Å². The summed E-state index contributed by atoms with van der Waals surface area (Å²) < 4.78 is 0. The van der Waals surface area contributed by atoms with Crippen molar-refractivity contribution in [1.82, 2.24) is 10.6 Å². The first kappa shape index (κ1) is 11.9. The van der Waals surface area contributed by atoms with Gasteiger partial charge < -0.3 is 10.6 Å². The van der Waals surface area contributed by atoms with E-state index < -0.39 is 0 Å². The molecule has 90 valence electrons. The zero-order chi connectivity index (χ0) is 12.1. The third kappa shape index (κ3) is 3.43. The van der Waals surface area contributed by atoms with Gasteiger partial charge in [0.05, 0.1) is 5.54 Å². The molecule has 3 nitrogen and oxygen atoms in total. The largest absolute Gasteiger partial charge is 0.346 e. The predicted molar refractivity (Wildman–Crippen MR) is 69.5 cm³/mol. The maximum Gasteiger partial charge on any atom is 0.244 e. The van der Waals surface area contributed by atoms with Crippen molar-refractivity contribution in [3.05, 3.63) is 42.0 Å². The topological polar surface area (TPSA) is 41.1 Å². The van der Waals surface area contributed by atoms with Gasteiger partial charge in [-0.2, -0.15) is 0 Å². The number of hydrogen-bond acceptors (Lipinski definition) is 2. The summed E-state index contributed by atoms with van der Waals surface area (Å²) in [5, 5.41) is 6.29. The number of nitrogens with one attached hydrogen (secondary N) is 2. The second-order valence-corrected chi connectivity index (χ2v) is 4.72. The van der Waals surface area contributed by atoms with Gasteiger partial charge in [-0.25, -0.2) is 0 Å². The summed E-state index contributed by atoms with van der Waals surface area (Å²) in [6, 6.07) is 9.83. The van der Waals surface area contributed by atoms with E-state index in [1.54, 1.807) is 6.08 Å². The lowest BCUT2D eigenvalue weighted by Gasteiger charge is -2.23. The van der Waals surface area contributed by atoms with Gasteiger partial charge in [0, 0.05) is 12.6 Å². The molecule has 1 amide bonds. The molecule has 17 heavy (non-hydrogen) atoms. The molecule has 0 aromatic heterocycles. The normalized spacial score (nSPS) is 24.1. The van der Waals surface area contributed by atoms with Crippen molar-refractivity contribution >= 4 is 12.0 Å². The molecule has 1 unspecified atom stereocenters. The molecule has 0 aliphatic carbocycles. The zero-order valence-corrected chi connectivity index (χ0v) is 10.1. The number of rotatable bonds is 3. The average Bonchev–Trinajstić information content (AvgIpc) is 2.74. The highest BCUT2D eigenvalue weighted by Crippen LogP contribution is 2.13. The summed E-state index contributed by atoms with van der Waals surface area (Å²) in [5.41, 5.74) is 0.940. The quantitative estimate of drug-likeness (QED) is 0.774. The summed E-state index contributed by atoms with van der Waals surface area (Å²) in [6.07, 6.45) is 4.41. The van der Waals surface area contributed by atoms with Crippen LogP contribution in [-0.4, -0.2) is 24.5 Å². The predicted octanol–water partition coefficient (Wildman–Crippen LogP) is 1.57. The molecule has 1 saturated heterocycles. The third-order valence-corrected chi connectivity index (χ3v) is 3.02. The minimum absolute atomic E-state index is 0.0277. The van der Waals surface area contributed by atoms with Gasteiger partial charge in [0.25, 0.3) is 0 Å². The molecule has 1 aromatic carbocycles. The van der Waals surface area contributed by atoms with Gasteiger partial charge >= 0.3 is 0 Å². The molecule has 0 radical (unpaired) electrons. The van der Waals surface area contributed by atoms with E-state index >= 15 is 0 Å². The Morgan fingerprint density at radius 2 is 2.18 bits per heavy atom. The second-order valence-electron chi connectivity index (χ2n) is 4.72. The first-order chi connectivity index (χ1) is 8.18. The van der Waals surface area contributed by atoms with Gasteiger partial charge in [0.1, 0.15) is 0 Å². The minimum atomic E-state index is -0.0991. The summed E-state index contributed by atoms with van der Waals surface area (Å²) in [6.45, 7) is 3.89. The van der Waals surface area contributed by atoms with Crippen LogP contribution in [0.1, 0.15) is 18.9 Å². The number of amides is 1. The zero-order valence-electron chi connectivity index (χ0n) is 10.1. The Kier molecular flexibility index (Phi) is 3.59. The number of carbonyl (C=O) groups excluding carboxylic acids is 1. The van der Waals surface area contributed by atoms with Crippen LogP contribution < -0.4 is 10.6 Å². The first-order valence-corrected chi connectivity index (χ1v) is 5.94. The lowest BCUT2D eigenvalue weighted by Crippen LogP contribution is -2.46. The number of carbonyl (C=O) groups is 1. The van der Waals surface area contributed by atoms with E-state index in [9.17, 15) is 4.79 Å². The van der Waals surface area contributed by atoms with Gasteiger partial charge in [0.2, 0.25) is 5.91 Å². The molecule has 1 fully saturated rings. The highest BCUT2D eigenvalue weighted by atomic mass is 16.1. The van der Waals surface area contributed by atoms with Crippen LogP contribution in [0.5, 0.6) is 0 Å². The smallest absolute Gasteiger partial charge is 0.244 e. The molecule has 2 N–H and O–H groups in total. The van der Waals surface area contributed by atoms with Crippen molar-refractivity contribution in [1.29, 1.82) is 0 Å². The van der Waals surface area contributed by atoms with Crippen LogP contribution in [0.15, 0.2) is 36.4 Å². The van der Waals surface area contributed by atoms with Crippen LogP contribution in [0.3, 0.4) is 0 Å². The fraction of sp³-hybridized carbons (Fsp3) is 0.357. The Bertz CT molecular complexity index is 405. The van der Waals surface area contributed by atoms with E-state index in [-0.39, 0.29) is 11.4 Å². The molecule has 0 bridgehead atoms. The van der Waals surface area contributed by atoms with Gasteiger partial charge in [0.15, 0.2) is 0 Å². The van der Waals surface area contributed by atoms with Gasteiger partial charge in [-0.15, -0.1) is 0 Å². The van der Waals surface area contributed by atoms with E-state index in [4.69, 9.17) is 0 Å². The van der Waals surface area contributed by atoms with Crippen molar-refractivity contribution in [3.8, 4) is 0 Å². The van der Waals surface area contributed by atoms with E-state index in [0.717, 1.165) is 25.1 Å². The van der Waals surface area contributed by atoms with E-state index in [1.165, 1.54) is 0 Å². The lowest BCUT2D eigenvalue weighted by atomic mass is 10.0. The standard InChI is InChI=1S/C14H18N2O/c1-14(9-10-15-11-14)16-13(17)8-7-12-5-3-2-4-6-12/h2-8,15H,9-11H2,1H3,(H,16,17)/b8-7+. The molecule has 1 aliphatic rings. The maximum absolute atomic E-state index is 11.8. The van der Waals surface area contributed by atoms with E-state index in [0.29, 0.717) is 0 Å². The molecule has 1 atom stereocenters. The van der Waals surface area contributed by atoms with Crippen LogP contribution in [0.4, 0.5) is 0 Å². The molecule has 0 saturated carbocycles. The van der Waals surface area contributed by atoms with Crippen molar-refractivity contribution in [3.63, 3.8) is 0 Å². The van der Waals surface area contributed by atoms with Crippen molar-refractivity contribution in [2.75, 3.05) is 13.1 Å². The highest BCUT2D eigenvalue weighted by Gasteiger charge is 2.29. The Balaban J connectivity index is 1.91. The Morgan fingerprint density at radius 3 is 2.82 bits per heavy atom. The number of hydrogen-bond donors (Lipinski definition) is 2. The molecule has 1 aliphatic heterocycles. The molecule has 3 heteroatoms. The summed E-state index contributed by atoms with van der Waals surface area (Å²) in [4.78, 5) is 11.8. The molecule has 1 aromatic rings. The SMILES string of the molecule is CC1(NC(=O)/C=C/c2ccccc2)CCNC1. The van der Waals surface area contributed by atoms with Crippen molar-refractivity contribution in [2.45, 2.75) is 18.9 Å². The highest BCUT2D eigenvalue weighted by molar-refractivity contribution is 5.92. The van der Waals surface area contributed by atoms with Crippen molar-refractivity contribution < 1.29 is 4.79 Å². The van der Waals surface area contributed by atoms with Crippen LogP contribution in [-0.2, 0) is 4.79 Å². The Hall–Kier alpha value is -1.61. The third-order valence-electron chi connectivity index (χ3n) is 3.02. The molecular formula is C14H18N2O. The van der Waals surface area contributed by atoms with Gasteiger partial charge in [-0.1, -0.05) is 30.3 Å². The fourth-order valence-corrected chi connectivity index (χ4v) is 2.00. The monoisotopic (exact) mass is 230 g/mol.